The molecule has 0 radical (unpaired) electrons. The molecule has 2 aromatic carbocycles. The third-order valence-electron chi connectivity index (χ3n) is 8.83. The number of carbonyl (C=O) groups excluding carboxylic acids is 1. The van der Waals surface area contributed by atoms with Gasteiger partial charge in [-0.05, 0) is 80.8 Å². The lowest BCUT2D eigenvalue weighted by molar-refractivity contribution is -0.127. The first-order valence-corrected chi connectivity index (χ1v) is 15.3. The molecular formula is C34H35ClN6O2. The van der Waals surface area contributed by atoms with Crippen molar-refractivity contribution in [3.05, 3.63) is 58.2 Å². The number of benzene rings is 2. The summed E-state index contributed by atoms with van der Waals surface area (Å²) in [4.78, 5) is 28.8. The van der Waals surface area contributed by atoms with E-state index in [2.05, 4.69) is 65.1 Å². The molecule has 6 rings (SSSR count). The predicted octanol–water partition coefficient (Wildman–Crippen LogP) is 5.20. The number of carbonyl (C=O) groups is 1. The van der Waals surface area contributed by atoms with Gasteiger partial charge in [-0.2, -0.15) is 15.2 Å². The Labute approximate surface area is 257 Å². The number of allylic oxidation sites excluding steroid dienone is 1. The Bertz CT molecular complexity index is 1680. The zero-order valence-electron chi connectivity index (χ0n) is 24.6. The number of nitriles is 1. The van der Waals surface area contributed by atoms with Gasteiger partial charge in [-0.3, -0.25) is 4.79 Å². The average molecular weight is 595 g/mol. The molecule has 3 aliphatic rings. The maximum atomic E-state index is 12.7. The number of hydrogen-bond donors (Lipinski definition) is 0. The summed E-state index contributed by atoms with van der Waals surface area (Å²) < 4.78 is 6.28. The third-order valence-corrected chi connectivity index (χ3v) is 9.15. The second kappa shape index (κ2) is 12.6. The number of likely N-dealkylation sites (N-methyl/N-ethyl adjacent to an activating group) is 1. The van der Waals surface area contributed by atoms with Gasteiger partial charge in [0.2, 0.25) is 0 Å². The van der Waals surface area contributed by atoms with Crippen molar-refractivity contribution in [1.29, 1.82) is 5.26 Å². The van der Waals surface area contributed by atoms with Gasteiger partial charge in [-0.1, -0.05) is 47.9 Å². The van der Waals surface area contributed by atoms with Gasteiger partial charge in [0.05, 0.1) is 24.2 Å². The minimum absolute atomic E-state index is 0.226. The highest BCUT2D eigenvalue weighted by molar-refractivity contribution is 6.36. The minimum atomic E-state index is -0.276. The van der Waals surface area contributed by atoms with Crippen molar-refractivity contribution in [1.82, 2.24) is 19.8 Å². The van der Waals surface area contributed by atoms with Crippen LogP contribution in [-0.2, 0) is 11.2 Å². The van der Waals surface area contributed by atoms with Gasteiger partial charge in [0.25, 0.3) is 5.91 Å². The van der Waals surface area contributed by atoms with Crippen molar-refractivity contribution >= 4 is 45.7 Å². The molecule has 2 fully saturated rings. The third kappa shape index (κ3) is 5.91. The highest BCUT2D eigenvalue weighted by Gasteiger charge is 2.33. The summed E-state index contributed by atoms with van der Waals surface area (Å²) in [7, 11) is 2.13. The topological polar surface area (TPSA) is 85.6 Å². The largest absolute Gasteiger partial charge is 0.462 e. The molecule has 3 aromatic rings. The van der Waals surface area contributed by atoms with E-state index in [4.69, 9.17) is 26.3 Å². The van der Waals surface area contributed by atoms with E-state index in [0.717, 1.165) is 70.7 Å². The van der Waals surface area contributed by atoms with E-state index in [1.54, 1.807) is 11.8 Å². The number of likely N-dealkylation sites (tertiary alicyclic amines) is 1. The van der Waals surface area contributed by atoms with Gasteiger partial charge < -0.3 is 19.4 Å². The SMILES string of the molecule is CC#CC(=O)N1CCN(c2nc(OC[C@@H]3CCCN3C)nc3c2CCC(c2cccc4cccc(Cl)c24)=C3)C[C@@H]1CC#N. The molecule has 0 spiro atoms. The van der Waals surface area contributed by atoms with Crippen LogP contribution in [0.4, 0.5) is 5.82 Å². The lowest BCUT2D eigenvalue weighted by Gasteiger charge is -2.41. The molecule has 9 heteroatoms. The zero-order chi connectivity index (χ0) is 29.9. The standard InChI is InChI=1S/C34H35ClN6O2/c1-3-7-31(42)41-19-18-40(21-25(41)15-16-36)33-28-14-13-24(27-11-4-8-23-9-5-12-29(35)32(23)27)20-30(28)37-34(38-33)43-22-26-10-6-17-39(26)2/h4-5,8-9,11-12,20,25-26H,6,10,13-15,17-19,21-22H2,1-2H3/t25-,26-/m0/s1. The van der Waals surface area contributed by atoms with E-state index in [1.807, 2.05) is 12.1 Å². The van der Waals surface area contributed by atoms with Crippen LogP contribution in [0, 0.1) is 23.2 Å². The number of anilines is 1. The summed E-state index contributed by atoms with van der Waals surface area (Å²) in [5.41, 5.74) is 4.19. The van der Waals surface area contributed by atoms with E-state index in [-0.39, 0.29) is 18.4 Å². The highest BCUT2D eigenvalue weighted by atomic mass is 35.5. The number of rotatable bonds is 6. The summed E-state index contributed by atoms with van der Waals surface area (Å²) >= 11 is 6.70. The second-order valence-electron chi connectivity index (χ2n) is 11.4. The van der Waals surface area contributed by atoms with Crippen LogP contribution >= 0.6 is 11.6 Å². The summed E-state index contributed by atoms with van der Waals surface area (Å²) in [5.74, 6) is 5.93. The van der Waals surface area contributed by atoms with Crippen LogP contribution in [0.3, 0.4) is 0 Å². The number of hydrogen-bond acceptors (Lipinski definition) is 7. The second-order valence-corrected chi connectivity index (χ2v) is 11.8. The van der Waals surface area contributed by atoms with Crippen molar-refractivity contribution in [2.45, 2.75) is 51.1 Å². The molecule has 0 N–H and O–H groups in total. The van der Waals surface area contributed by atoms with Crippen LogP contribution in [0.15, 0.2) is 36.4 Å². The van der Waals surface area contributed by atoms with Crippen molar-refractivity contribution in [2.24, 2.45) is 0 Å². The van der Waals surface area contributed by atoms with Crippen LogP contribution in [0.5, 0.6) is 6.01 Å². The summed E-state index contributed by atoms with van der Waals surface area (Å²) in [6.45, 7) is 4.79. The quantitative estimate of drug-likeness (QED) is 0.363. The highest BCUT2D eigenvalue weighted by Crippen LogP contribution is 2.39. The fraction of sp³-hybridized carbons (Fsp3) is 0.412. The normalized spacial score (nSPS) is 20.2. The van der Waals surface area contributed by atoms with Gasteiger partial charge in [-0.15, -0.1) is 0 Å². The summed E-state index contributed by atoms with van der Waals surface area (Å²) in [6, 6.07) is 15.0. The Morgan fingerprint density at radius 1 is 1.12 bits per heavy atom. The molecule has 2 aliphatic heterocycles. The molecular weight excluding hydrogens is 560 g/mol. The van der Waals surface area contributed by atoms with Crippen molar-refractivity contribution in [3.8, 4) is 23.9 Å². The van der Waals surface area contributed by atoms with Crippen molar-refractivity contribution < 1.29 is 9.53 Å². The van der Waals surface area contributed by atoms with E-state index in [1.165, 1.54) is 5.57 Å². The maximum Gasteiger partial charge on any atom is 0.318 e. The van der Waals surface area contributed by atoms with Gasteiger partial charge in [-0.25, -0.2) is 0 Å². The number of nitrogens with zero attached hydrogens (tertiary/aromatic N) is 6. The van der Waals surface area contributed by atoms with Crippen molar-refractivity contribution in [3.63, 3.8) is 0 Å². The molecule has 0 bridgehead atoms. The van der Waals surface area contributed by atoms with Crippen LogP contribution in [-0.4, -0.2) is 77.6 Å². The molecule has 1 aliphatic carbocycles. The van der Waals surface area contributed by atoms with Crippen LogP contribution in [0.1, 0.15) is 49.4 Å². The van der Waals surface area contributed by atoms with E-state index < -0.39 is 0 Å². The Balaban J connectivity index is 1.38. The van der Waals surface area contributed by atoms with Gasteiger partial charge in [0.15, 0.2) is 0 Å². The first-order valence-electron chi connectivity index (χ1n) is 14.9. The van der Waals surface area contributed by atoms with Crippen LogP contribution in [0.25, 0.3) is 22.4 Å². The number of fused-ring (bicyclic) bond motifs is 2. The van der Waals surface area contributed by atoms with Gasteiger partial charge in [0, 0.05) is 41.6 Å². The molecule has 1 amide bonds. The van der Waals surface area contributed by atoms with Gasteiger partial charge >= 0.3 is 6.01 Å². The molecule has 2 atom stereocenters. The first kappa shape index (κ1) is 29.0. The molecule has 1 aromatic heterocycles. The number of amides is 1. The van der Waals surface area contributed by atoms with E-state index >= 15 is 0 Å². The van der Waals surface area contributed by atoms with Crippen molar-refractivity contribution in [2.75, 3.05) is 44.7 Å². The molecule has 220 valence electrons. The molecule has 43 heavy (non-hydrogen) atoms. The minimum Gasteiger partial charge on any atom is -0.462 e. The van der Waals surface area contributed by atoms with E-state index in [0.29, 0.717) is 38.3 Å². The zero-order valence-corrected chi connectivity index (χ0v) is 25.4. The number of halogens is 1. The lowest BCUT2D eigenvalue weighted by Crippen LogP contribution is -2.55. The van der Waals surface area contributed by atoms with E-state index in [9.17, 15) is 10.1 Å². The Morgan fingerprint density at radius 2 is 1.95 bits per heavy atom. The Kier molecular flexibility index (Phi) is 8.51. The summed E-state index contributed by atoms with van der Waals surface area (Å²) in [5, 5.41) is 12.4. The smallest absolute Gasteiger partial charge is 0.318 e. The maximum absolute atomic E-state index is 12.7. The Hall–Kier alpha value is -4.11. The molecule has 0 saturated carbocycles. The number of piperazine rings is 1. The molecule has 0 unspecified atom stereocenters. The predicted molar refractivity (Wildman–Crippen MR) is 170 cm³/mol. The molecule has 3 heterocycles. The monoisotopic (exact) mass is 594 g/mol. The first-order chi connectivity index (χ1) is 21.0. The fourth-order valence-corrected chi connectivity index (χ4v) is 6.84. The molecule has 2 saturated heterocycles. The molecule has 8 nitrogen and oxygen atoms in total. The van der Waals surface area contributed by atoms with Crippen LogP contribution < -0.4 is 9.64 Å². The number of ether oxygens (including phenoxy) is 1. The fourth-order valence-electron chi connectivity index (χ4n) is 6.56. The lowest BCUT2D eigenvalue weighted by atomic mass is 9.88. The number of aromatic nitrogens is 2. The van der Waals surface area contributed by atoms with Gasteiger partial charge in [0.1, 0.15) is 12.4 Å². The Morgan fingerprint density at radius 3 is 2.72 bits per heavy atom. The van der Waals surface area contributed by atoms with Crippen LogP contribution in [0.2, 0.25) is 5.02 Å². The average Bonchev–Trinajstić information content (AvgIpc) is 3.43. The summed E-state index contributed by atoms with van der Waals surface area (Å²) in [6.07, 6.45) is 6.20.